The number of ether oxygens (including phenoxy) is 1. The summed E-state index contributed by atoms with van der Waals surface area (Å²) in [6, 6.07) is 20.0. The van der Waals surface area contributed by atoms with Crippen LogP contribution in [0.5, 0.6) is 5.88 Å². The van der Waals surface area contributed by atoms with Crippen molar-refractivity contribution < 1.29 is 14.3 Å². The Morgan fingerprint density at radius 1 is 0.893 bits per heavy atom. The molecule has 0 bridgehead atoms. The Balaban J connectivity index is 1.77. The zero-order chi connectivity index (χ0) is 19.8. The van der Waals surface area contributed by atoms with Crippen LogP contribution in [0.3, 0.4) is 0 Å². The Bertz CT molecular complexity index is 933. The SMILES string of the molecule is COc1ncccc1NC(=O)NC(C(=O)Nc1ccccc1)c1ccccc1. The van der Waals surface area contributed by atoms with Crippen molar-refractivity contribution in [3.05, 3.63) is 84.6 Å². The molecule has 0 saturated carbocycles. The van der Waals surface area contributed by atoms with E-state index in [-0.39, 0.29) is 11.8 Å². The molecule has 0 aliphatic heterocycles. The first-order chi connectivity index (χ1) is 13.7. The predicted octanol–water partition coefficient (Wildman–Crippen LogP) is 3.59. The van der Waals surface area contributed by atoms with E-state index in [9.17, 15) is 9.59 Å². The summed E-state index contributed by atoms with van der Waals surface area (Å²) in [5.41, 5.74) is 1.70. The van der Waals surface area contributed by atoms with Gasteiger partial charge in [-0.3, -0.25) is 4.79 Å². The maximum atomic E-state index is 12.8. The number of nitrogens with one attached hydrogen (secondary N) is 3. The topological polar surface area (TPSA) is 92.3 Å². The number of carbonyl (C=O) groups is 2. The van der Waals surface area contributed by atoms with Gasteiger partial charge in [0.25, 0.3) is 5.91 Å². The fraction of sp³-hybridized carbons (Fsp3) is 0.0952. The van der Waals surface area contributed by atoms with Gasteiger partial charge in [-0.1, -0.05) is 48.5 Å². The van der Waals surface area contributed by atoms with Gasteiger partial charge in [-0.25, -0.2) is 9.78 Å². The second kappa shape index (κ2) is 9.18. The molecule has 7 nitrogen and oxygen atoms in total. The van der Waals surface area contributed by atoms with E-state index in [1.165, 1.54) is 7.11 Å². The molecule has 3 rings (SSSR count). The molecule has 3 N–H and O–H groups in total. The van der Waals surface area contributed by atoms with Crippen LogP contribution in [0.1, 0.15) is 11.6 Å². The number of carbonyl (C=O) groups excluding carboxylic acids is 2. The standard InChI is InChI=1S/C21H20N4O3/c1-28-20-17(13-8-14-22-20)24-21(27)25-18(15-9-4-2-5-10-15)19(26)23-16-11-6-3-7-12-16/h2-14,18H,1H3,(H,23,26)(H2,24,25,27). The van der Waals surface area contributed by atoms with Crippen LogP contribution in [-0.4, -0.2) is 24.0 Å². The van der Waals surface area contributed by atoms with Crippen LogP contribution in [0.15, 0.2) is 79.0 Å². The molecule has 0 spiro atoms. The van der Waals surface area contributed by atoms with E-state index < -0.39 is 12.1 Å². The summed E-state index contributed by atoms with van der Waals surface area (Å²) in [6.45, 7) is 0. The monoisotopic (exact) mass is 376 g/mol. The highest BCUT2D eigenvalue weighted by molar-refractivity contribution is 6.00. The fourth-order valence-corrected chi connectivity index (χ4v) is 2.62. The van der Waals surface area contributed by atoms with Crippen LogP contribution in [0.2, 0.25) is 0 Å². The Hall–Kier alpha value is -3.87. The fourth-order valence-electron chi connectivity index (χ4n) is 2.62. The molecule has 0 aliphatic carbocycles. The Labute approximate surface area is 162 Å². The minimum absolute atomic E-state index is 0.280. The lowest BCUT2D eigenvalue weighted by molar-refractivity contribution is -0.118. The number of amides is 3. The quantitative estimate of drug-likeness (QED) is 0.613. The van der Waals surface area contributed by atoms with Gasteiger partial charge in [0.15, 0.2) is 0 Å². The van der Waals surface area contributed by atoms with E-state index in [4.69, 9.17) is 4.74 Å². The molecular weight excluding hydrogens is 356 g/mol. The first kappa shape index (κ1) is 18.9. The van der Waals surface area contributed by atoms with Crippen molar-refractivity contribution in [2.24, 2.45) is 0 Å². The van der Waals surface area contributed by atoms with Crippen molar-refractivity contribution in [2.75, 3.05) is 17.7 Å². The third-order valence-corrected chi connectivity index (χ3v) is 3.92. The summed E-state index contributed by atoms with van der Waals surface area (Å²) in [6.07, 6.45) is 1.56. The largest absolute Gasteiger partial charge is 0.480 e. The Morgan fingerprint density at radius 2 is 1.57 bits per heavy atom. The van der Waals surface area contributed by atoms with Gasteiger partial charge in [-0.05, 0) is 29.8 Å². The Morgan fingerprint density at radius 3 is 2.25 bits per heavy atom. The molecule has 1 heterocycles. The smallest absolute Gasteiger partial charge is 0.320 e. The number of methoxy groups -OCH3 is 1. The molecule has 0 radical (unpaired) electrons. The molecule has 0 fully saturated rings. The van der Waals surface area contributed by atoms with Crippen molar-refractivity contribution in [1.29, 1.82) is 0 Å². The lowest BCUT2D eigenvalue weighted by Crippen LogP contribution is -2.39. The van der Waals surface area contributed by atoms with Gasteiger partial charge in [0.2, 0.25) is 5.88 Å². The van der Waals surface area contributed by atoms with Crippen LogP contribution < -0.4 is 20.7 Å². The molecule has 3 amide bonds. The van der Waals surface area contributed by atoms with Crippen LogP contribution in [0, 0.1) is 0 Å². The second-order valence-electron chi connectivity index (χ2n) is 5.86. The number of hydrogen-bond donors (Lipinski definition) is 3. The van der Waals surface area contributed by atoms with E-state index in [2.05, 4.69) is 20.9 Å². The molecule has 1 atom stereocenters. The first-order valence-corrected chi connectivity index (χ1v) is 8.65. The number of rotatable bonds is 6. The van der Waals surface area contributed by atoms with Crippen molar-refractivity contribution in [3.8, 4) is 5.88 Å². The van der Waals surface area contributed by atoms with Gasteiger partial charge in [0, 0.05) is 11.9 Å². The van der Waals surface area contributed by atoms with E-state index >= 15 is 0 Å². The molecular formula is C21H20N4O3. The van der Waals surface area contributed by atoms with Gasteiger partial charge >= 0.3 is 6.03 Å². The summed E-state index contributed by atoms with van der Waals surface area (Å²) in [5, 5.41) is 8.18. The third-order valence-electron chi connectivity index (χ3n) is 3.92. The van der Waals surface area contributed by atoms with E-state index in [1.807, 2.05) is 36.4 Å². The number of para-hydroxylation sites is 1. The highest BCUT2D eigenvalue weighted by Crippen LogP contribution is 2.21. The molecule has 3 aromatic rings. The first-order valence-electron chi connectivity index (χ1n) is 8.65. The molecule has 28 heavy (non-hydrogen) atoms. The van der Waals surface area contributed by atoms with Crippen molar-refractivity contribution >= 4 is 23.3 Å². The summed E-state index contributed by atoms with van der Waals surface area (Å²) < 4.78 is 5.13. The second-order valence-corrected chi connectivity index (χ2v) is 5.86. The summed E-state index contributed by atoms with van der Waals surface area (Å²) in [5.74, 6) is -0.0756. The molecule has 0 aliphatic rings. The summed E-state index contributed by atoms with van der Waals surface area (Å²) >= 11 is 0. The number of urea groups is 1. The Kier molecular flexibility index (Phi) is 6.20. The molecule has 0 saturated heterocycles. The normalized spacial score (nSPS) is 11.2. The average Bonchev–Trinajstić information content (AvgIpc) is 2.73. The van der Waals surface area contributed by atoms with Gasteiger partial charge in [-0.15, -0.1) is 0 Å². The average molecular weight is 376 g/mol. The maximum absolute atomic E-state index is 12.8. The number of aromatic nitrogens is 1. The van der Waals surface area contributed by atoms with Crippen LogP contribution in [-0.2, 0) is 4.79 Å². The van der Waals surface area contributed by atoms with Crippen LogP contribution in [0.4, 0.5) is 16.2 Å². The third kappa shape index (κ3) is 4.85. The zero-order valence-corrected chi connectivity index (χ0v) is 15.3. The molecule has 1 aromatic heterocycles. The van der Waals surface area contributed by atoms with E-state index in [0.717, 1.165) is 0 Å². The molecule has 7 heteroatoms. The minimum atomic E-state index is -0.885. The number of nitrogens with zero attached hydrogens (tertiary/aromatic N) is 1. The number of hydrogen-bond acceptors (Lipinski definition) is 4. The minimum Gasteiger partial charge on any atom is -0.480 e. The van der Waals surface area contributed by atoms with Crippen molar-refractivity contribution in [2.45, 2.75) is 6.04 Å². The van der Waals surface area contributed by atoms with E-state index in [1.54, 1.807) is 42.6 Å². The highest BCUT2D eigenvalue weighted by atomic mass is 16.5. The number of pyridine rings is 1. The van der Waals surface area contributed by atoms with Crippen LogP contribution in [0.25, 0.3) is 0 Å². The lowest BCUT2D eigenvalue weighted by atomic mass is 10.1. The zero-order valence-electron chi connectivity index (χ0n) is 15.3. The maximum Gasteiger partial charge on any atom is 0.320 e. The molecule has 142 valence electrons. The van der Waals surface area contributed by atoms with E-state index in [0.29, 0.717) is 16.9 Å². The van der Waals surface area contributed by atoms with Crippen LogP contribution >= 0.6 is 0 Å². The lowest BCUT2D eigenvalue weighted by Gasteiger charge is -2.19. The van der Waals surface area contributed by atoms with Gasteiger partial charge in [0.1, 0.15) is 11.7 Å². The predicted molar refractivity (Wildman–Crippen MR) is 107 cm³/mol. The molecule has 1 unspecified atom stereocenters. The number of anilines is 2. The van der Waals surface area contributed by atoms with Gasteiger partial charge < -0.3 is 20.7 Å². The number of benzene rings is 2. The van der Waals surface area contributed by atoms with Crippen molar-refractivity contribution in [1.82, 2.24) is 10.3 Å². The molecule has 2 aromatic carbocycles. The summed E-state index contributed by atoms with van der Waals surface area (Å²) in [4.78, 5) is 29.4. The van der Waals surface area contributed by atoms with Gasteiger partial charge in [0.05, 0.1) is 7.11 Å². The summed E-state index contributed by atoms with van der Waals surface area (Å²) in [7, 11) is 1.46. The highest BCUT2D eigenvalue weighted by Gasteiger charge is 2.23. The van der Waals surface area contributed by atoms with Crippen molar-refractivity contribution in [3.63, 3.8) is 0 Å². The van der Waals surface area contributed by atoms with Gasteiger partial charge in [-0.2, -0.15) is 0 Å².